The van der Waals surface area contributed by atoms with Gasteiger partial charge < -0.3 is 24.4 Å². The lowest BCUT2D eigenvalue weighted by Crippen LogP contribution is -2.55. The number of hydrogen-bond donors (Lipinski definition) is 1. The fourth-order valence-corrected chi connectivity index (χ4v) is 5.89. The maximum Gasteiger partial charge on any atom is 0.312 e. The molecule has 0 atom stereocenters. The van der Waals surface area contributed by atoms with E-state index in [4.69, 9.17) is 21.1 Å². The van der Waals surface area contributed by atoms with Gasteiger partial charge in [-0.2, -0.15) is 0 Å². The second-order valence-corrected chi connectivity index (χ2v) is 12.7. The summed E-state index contributed by atoms with van der Waals surface area (Å²) in [6.07, 6.45) is 4.15. The number of hydrogen-bond acceptors (Lipinski definition) is 6. The summed E-state index contributed by atoms with van der Waals surface area (Å²) in [5.74, 6) is 0.0000621. The van der Waals surface area contributed by atoms with Gasteiger partial charge in [-0.3, -0.25) is 14.4 Å². The van der Waals surface area contributed by atoms with Crippen molar-refractivity contribution in [3.63, 3.8) is 0 Å². The summed E-state index contributed by atoms with van der Waals surface area (Å²) in [5.41, 5.74) is 1.91. The van der Waals surface area contributed by atoms with Crippen LogP contribution < -0.4 is 14.4 Å². The number of anilines is 1. The van der Waals surface area contributed by atoms with E-state index < -0.39 is 17.0 Å². The zero-order valence-corrected chi connectivity index (χ0v) is 25.2. The van der Waals surface area contributed by atoms with E-state index >= 15 is 0 Å². The Hall–Kier alpha value is -4.11. The van der Waals surface area contributed by atoms with Crippen molar-refractivity contribution in [2.75, 3.05) is 24.6 Å². The molecule has 9 nitrogen and oxygen atoms in total. The third-order valence-electron chi connectivity index (χ3n) is 8.60. The van der Waals surface area contributed by atoms with Gasteiger partial charge >= 0.3 is 5.97 Å². The predicted octanol–water partition coefficient (Wildman–Crippen LogP) is 5.76. The molecule has 1 N–H and O–H groups in total. The van der Waals surface area contributed by atoms with E-state index in [0.29, 0.717) is 66.7 Å². The van der Waals surface area contributed by atoms with Gasteiger partial charge in [-0.1, -0.05) is 41.9 Å². The smallest absolute Gasteiger partial charge is 0.312 e. The topological polar surface area (TPSA) is 109 Å². The average Bonchev–Trinajstić information content (AvgIpc) is 3.77. The Kier molecular flexibility index (Phi) is 7.32. The molecule has 3 aliphatic rings. The molecule has 10 heteroatoms. The first-order chi connectivity index (χ1) is 20.5. The van der Waals surface area contributed by atoms with Crippen LogP contribution in [0.3, 0.4) is 0 Å². The summed E-state index contributed by atoms with van der Waals surface area (Å²) in [6.45, 7) is 6.22. The summed E-state index contributed by atoms with van der Waals surface area (Å²) in [4.78, 5) is 46.6. The van der Waals surface area contributed by atoms with Crippen LogP contribution >= 0.6 is 11.6 Å². The highest BCUT2D eigenvalue weighted by molar-refractivity contribution is 6.31. The van der Waals surface area contributed by atoms with Crippen molar-refractivity contribution >= 4 is 35.1 Å². The first-order valence-corrected chi connectivity index (χ1v) is 14.9. The number of carboxylic acids is 1. The average molecular weight is 604 g/mol. The molecule has 2 aromatic carbocycles. The molecule has 2 amide bonds. The Balaban J connectivity index is 1.16. The van der Waals surface area contributed by atoms with Crippen LogP contribution in [-0.4, -0.2) is 64.1 Å². The van der Waals surface area contributed by atoms with E-state index in [1.54, 1.807) is 19.9 Å². The maximum atomic E-state index is 13.6. The second kappa shape index (κ2) is 10.9. The third-order valence-corrected chi connectivity index (χ3v) is 8.81. The Morgan fingerprint density at radius 1 is 1.14 bits per heavy atom. The Labute approximate surface area is 255 Å². The van der Waals surface area contributed by atoms with Crippen molar-refractivity contribution in [1.29, 1.82) is 0 Å². The van der Waals surface area contributed by atoms with E-state index in [9.17, 15) is 19.5 Å². The summed E-state index contributed by atoms with van der Waals surface area (Å²) < 4.78 is 11.9. The predicted molar refractivity (Wildman–Crippen MR) is 162 cm³/mol. The number of ether oxygens (including phenoxy) is 2. The normalized spacial score (nSPS) is 17.8. The summed E-state index contributed by atoms with van der Waals surface area (Å²) in [7, 11) is 0. The number of amides is 2. The highest BCUT2D eigenvalue weighted by Gasteiger charge is 2.59. The van der Waals surface area contributed by atoms with Crippen molar-refractivity contribution < 1.29 is 29.0 Å². The number of carbonyl (C=O) groups is 3. The molecule has 2 fully saturated rings. The van der Waals surface area contributed by atoms with Gasteiger partial charge in [0.15, 0.2) is 5.60 Å². The van der Waals surface area contributed by atoms with E-state index in [2.05, 4.69) is 4.98 Å². The molecular weight excluding hydrogens is 570 g/mol. The lowest BCUT2D eigenvalue weighted by molar-refractivity contribution is -0.148. The van der Waals surface area contributed by atoms with Gasteiger partial charge in [0, 0.05) is 49.3 Å². The molecule has 1 saturated heterocycles. The minimum Gasteiger partial charge on any atom is -0.492 e. The molecule has 0 bridgehead atoms. The minimum absolute atomic E-state index is 0.0248. The maximum absolute atomic E-state index is 13.6. The molecular formula is C33H34ClN3O6. The fourth-order valence-electron chi connectivity index (χ4n) is 5.74. The van der Waals surface area contributed by atoms with Crippen LogP contribution in [0, 0.1) is 12.3 Å². The Bertz CT molecular complexity index is 1610. The van der Waals surface area contributed by atoms with Crippen LogP contribution in [0.1, 0.15) is 55.5 Å². The number of para-hydroxylation sites is 1. The zero-order chi connectivity index (χ0) is 30.5. The molecule has 1 aromatic heterocycles. The first kappa shape index (κ1) is 29.0. The van der Waals surface area contributed by atoms with Crippen molar-refractivity contribution in [2.24, 2.45) is 5.41 Å². The van der Waals surface area contributed by atoms with E-state index in [1.165, 1.54) is 6.20 Å². The van der Waals surface area contributed by atoms with Gasteiger partial charge in [0.25, 0.3) is 11.8 Å². The van der Waals surface area contributed by atoms with E-state index in [0.717, 1.165) is 16.7 Å². The van der Waals surface area contributed by atoms with Gasteiger partial charge in [0.05, 0.1) is 10.4 Å². The molecule has 0 radical (unpaired) electrons. The highest BCUT2D eigenvalue weighted by Crippen LogP contribution is 2.50. The largest absolute Gasteiger partial charge is 0.492 e. The summed E-state index contributed by atoms with van der Waals surface area (Å²) in [5, 5.41) is 9.89. The van der Waals surface area contributed by atoms with Crippen LogP contribution in [-0.2, 0) is 9.59 Å². The van der Waals surface area contributed by atoms with E-state index in [-0.39, 0.29) is 24.5 Å². The lowest BCUT2D eigenvalue weighted by Gasteiger charge is -2.42. The molecule has 43 heavy (non-hydrogen) atoms. The molecule has 2 aliphatic heterocycles. The molecule has 3 aromatic rings. The van der Waals surface area contributed by atoms with Crippen LogP contribution in [0.2, 0.25) is 5.02 Å². The quantitative estimate of drug-likeness (QED) is 0.365. The first-order valence-electron chi connectivity index (χ1n) is 14.5. The van der Waals surface area contributed by atoms with Crippen molar-refractivity contribution in [1.82, 2.24) is 9.88 Å². The summed E-state index contributed by atoms with van der Waals surface area (Å²) in [6, 6.07) is 14.8. The number of carbonyl (C=O) groups excluding carboxylic acids is 2. The zero-order valence-electron chi connectivity index (χ0n) is 24.4. The Morgan fingerprint density at radius 2 is 1.86 bits per heavy atom. The number of halogens is 1. The molecule has 1 saturated carbocycles. The molecule has 1 spiro atoms. The second-order valence-electron chi connectivity index (χ2n) is 12.3. The van der Waals surface area contributed by atoms with Crippen LogP contribution in [0.4, 0.5) is 5.69 Å². The van der Waals surface area contributed by atoms with Gasteiger partial charge in [-0.25, -0.2) is 4.98 Å². The number of nitrogens with zero attached hydrogens (tertiary/aromatic N) is 3. The van der Waals surface area contributed by atoms with Crippen molar-refractivity contribution in [3.8, 4) is 22.8 Å². The molecule has 0 unspecified atom stereocenters. The number of benzene rings is 2. The number of pyridine rings is 1. The number of likely N-dealkylation sites (tertiary alicyclic amines) is 1. The van der Waals surface area contributed by atoms with Crippen molar-refractivity contribution in [2.45, 2.75) is 58.1 Å². The Morgan fingerprint density at radius 3 is 2.53 bits per heavy atom. The summed E-state index contributed by atoms with van der Waals surface area (Å²) >= 11 is 6.23. The van der Waals surface area contributed by atoms with Gasteiger partial charge in [-0.15, -0.1) is 0 Å². The molecule has 6 rings (SSSR count). The molecule has 1 aliphatic carbocycles. The third kappa shape index (κ3) is 5.42. The molecule has 3 heterocycles. The highest BCUT2D eigenvalue weighted by atomic mass is 35.5. The standard InChI is InChI=1S/C33H34ClN3O6/c1-20-16-21(25-6-4-5-7-27(25)42-19-32(2,3)31(40)41)8-9-24(20)29(38)36-14-10-23(11-15-36)37-26-17-22(34)18-35-28(26)43-33(12-13-33)30(37)39/h4-9,16-18,23H,10-15,19H2,1-3H3,(H,40,41). The number of rotatable bonds is 7. The fraction of sp³-hybridized carbons (Fsp3) is 0.394. The number of aromatic nitrogens is 1. The number of carboxylic acid groups (broad SMARTS) is 1. The number of aryl methyl sites for hydroxylation is 1. The van der Waals surface area contributed by atoms with Gasteiger partial charge in [-0.05, 0) is 62.9 Å². The van der Waals surface area contributed by atoms with Crippen LogP contribution in [0.5, 0.6) is 11.6 Å². The van der Waals surface area contributed by atoms with Gasteiger partial charge in [0.2, 0.25) is 5.88 Å². The minimum atomic E-state index is -1.03. The lowest BCUT2D eigenvalue weighted by atomic mass is 9.95. The molecule has 224 valence electrons. The van der Waals surface area contributed by atoms with Gasteiger partial charge in [0.1, 0.15) is 18.0 Å². The van der Waals surface area contributed by atoms with E-state index in [1.807, 2.05) is 59.2 Å². The number of aliphatic carboxylic acids is 1. The SMILES string of the molecule is Cc1cc(-c2ccccc2OCC(C)(C)C(=O)O)ccc1C(=O)N1CCC(N2C(=O)C3(CC3)Oc3ncc(Cl)cc32)CC1. The number of piperidine rings is 1. The van der Waals surface area contributed by atoms with Crippen LogP contribution in [0.25, 0.3) is 11.1 Å². The van der Waals surface area contributed by atoms with Crippen LogP contribution in [0.15, 0.2) is 54.7 Å². The van der Waals surface area contributed by atoms with Crippen molar-refractivity contribution in [3.05, 3.63) is 70.9 Å². The number of fused-ring (bicyclic) bond motifs is 1. The monoisotopic (exact) mass is 603 g/mol.